The molecule has 1 aliphatic rings. The third-order valence-corrected chi connectivity index (χ3v) is 4.82. The van der Waals surface area contributed by atoms with Gasteiger partial charge in [-0.3, -0.25) is 19.6 Å². The molecule has 1 aromatic carbocycles. The largest absolute Gasteiger partial charge is 0.491 e. The Kier molecular flexibility index (Phi) is 9.56. The summed E-state index contributed by atoms with van der Waals surface area (Å²) in [7, 11) is 0. The summed E-state index contributed by atoms with van der Waals surface area (Å²) in [5.41, 5.74) is 22.2. The number of hydrogen-bond acceptors (Lipinski definition) is 7. The van der Waals surface area contributed by atoms with Gasteiger partial charge in [-0.25, -0.2) is 0 Å². The first kappa shape index (κ1) is 23.9. The number of aldehydes is 1. The van der Waals surface area contributed by atoms with E-state index in [1.54, 1.807) is 0 Å². The van der Waals surface area contributed by atoms with Crippen molar-refractivity contribution in [2.24, 2.45) is 32.9 Å². The molecule has 1 fully saturated rings. The van der Waals surface area contributed by atoms with Gasteiger partial charge in [-0.15, -0.1) is 0 Å². The minimum absolute atomic E-state index is 0.0252. The predicted molar refractivity (Wildman–Crippen MR) is 119 cm³/mol. The summed E-state index contributed by atoms with van der Waals surface area (Å²) in [5.74, 6) is 0.158. The van der Waals surface area contributed by atoms with Crippen LogP contribution in [0.25, 0.3) is 0 Å². The molecular formula is C20H31N7O4. The maximum atomic E-state index is 12.9. The number of nitrogens with one attached hydrogen (secondary N) is 1. The second-order valence-corrected chi connectivity index (χ2v) is 7.15. The highest BCUT2D eigenvalue weighted by Crippen LogP contribution is 2.29. The third-order valence-electron chi connectivity index (χ3n) is 4.82. The zero-order valence-electron chi connectivity index (χ0n) is 17.5. The van der Waals surface area contributed by atoms with E-state index < -0.39 is 0 Å². The third kappa shape index (κ3) is 7.78. The summed E-state index contributed by atoms with van der Waals surface area (Å²) in [6, 6.07) is 3.16. The molecule has 31 heavy (non-hydrogen) atoms. The topological polar surface area (TPSA) is 193 Å². The van der Waals surface area contributed by atoms with Gasteiger partial charge in [0.2, 0.25) is 0 Å². The van der Waals surface area contributed by atoms with Crippen molar-refractivity contribution in [2.45, 2.75) is 37.8 Å². The Balaban J connectivity index is 2.20. The standard InChI is InChI=1S/C20H31N7O4/c21-12-25-5-7-31-18-10-17(30-8-6-26-20(23)24)13(11-28)9-16(18)19(29)27-15-3-1-14(22)2-4-15/h9-12,14-15H,1-8,22H2,(H2,21,25)(H,27,29)(H4,23,24,26). The van der Waals surface area contributed by atoms with Gasteiger partial charge < -0.3 is 37.7 Å². The summed E-state index contributed by atoms with van der Waals surface area (Å²) in [5, 5.41) is 3.01. The molecule has 0 heterocycles. The van der Waals surface area contributed by atoms with Gasteiger partial charge in [0.05, 0.1) is 30.6 Å². The van der Waals surface area contributed by atoms with Gasteiger partial charge in [-0.2, -0.15) is 0 Å². The molecule has 1 saturated carbocycles. The molecule has 0 saturated heterocycles. The first-order chi connectivity index (χ1) is 14.9. The number of benzene rings is 1. The van der Waals surface area contributed by atoms with E-state index in [9.17, 15) is 9.59 Å². The molecule has 0 aromatic heterocycles. The van der Waals surface area contributed by atoms with Gasteiger partial charge in [0.15, 0.2) is 12.2 Å². The minimum Gasteiger partial charge on any atom is -0.491 e. The van der Waals surface area contributed by atoms with E-state index in [1.165, 1.54) is 18.5 Å². The highest BCUT2D eigenvalue weighted by molar-refractivity contribution is 5.99. The molecule has 0 atom stereocenters. The van der Waals surface area contributed by atoms with E-state index in [0.717, 1.165) is 25.7 Å². The number of nitrogens with two attached hydrogens (primary N) is 4. The molecule has 0 spiro atoms. The van der Waals surface area contributed by atoms with Gasteiger partial charge in [0.1, 0.15) is 24.7 Å². The van der Waals surface area contributed by atoms with E-state index in [1.807, 2.05) is 0 Å². The normalized spacial score (nSPS) is 18.4. The van der Waals surface area contributed by atoms with Crippen LogP contribution in [0, 0.1) is 0 Å². The van der Waals surface area contributed by atoms with Crippen molar-refractivity contribution in [1.29, 1.82) is 0 Å². The number of rotatable bonds is 11. The first-order valence-corrected chi connectivity index (χ1v) is 10.1. The number of hydrogen-bond donors (Lipinski definition) is 5. The van der Waals surface area contributed by atoms with Crippen LogP contribution in [0.2, 0.25) is 0 Å². The summed E-state index contributed by atoms with van der Waals surface area (Å²) < 4.78 is 11.4. The van der Waals surface area contributed by atoms with Crippen LogP contribution in [0.1, 0.15) is 46.4 Å². The molecule has 0 radical (unpaired) electrons. The summed E-state index contributed by atoms with van der Waals surface area (Å²) in [4.78, 5) is 32.3. The molecule has 11 heteroatoms. The molecule has 11 nitrogen and oxygen atoms in total. The SMILES string of the molecule is NC=NCCOc1cc(OCCN=C(N)N)c(C=O)cc1C(=O)NC1CCC(N)CC1. The Hall–Kier alpha value is -3.34. The zero-order chi connectivity index (χ0) is 22.6. The fraction of sp³-hybridized carbons (Fsp3) is 0.500. The van der Waals surface area contributed by atoms with Crippen LogP contribution in [0.4, 0.5) is 0 Å². The van der Waals surface area contributed by atoms with Gasteiger partial charge in [0.25, 0.3) is 5.91 Å². The molecule has 2 rings (SSSR count). The van der Waals surface area contributed by atoms with Gasteiger partial charge in [0, 0.05) is 18.2 Å². The van der Waals surface area contributed by atoms with Crippen molar-refractivity contribution in [3.8, 4) is 11.5 Å². The second-order valence-electron chi connectivity index (χ2n) is 7.15. The lowest BCUT2D eigenvalue weighted by molar-refractivity contribution is 0.0922. The lowest BCUT2D eigenvalue weighted by Crippen LogP contribution is -2.40. The smallest absolute Gasteiger partial charge is 0.255 e. The van der Waals surface area contributed by atoms with Crippen LogP contribution >= 0.6 is 0 Å². The van der Waals surface area contributed by atoms with Crippen molar-refractivity contribution >= 4 is 24.5 Å². The second kappa shape index (κ2) is 12.4. The van der Waals surface area contributed by atoms with E-state index in [0.29, 0.717) is 12.8 Å². The lowest BCUT2D eigenvalue weighted by atomic mass is 9.91. The Morgan fingerprint density at radius 1 is 1.10 bits per heavy atom. The Bertz CT molecular complexity index is 801. The van der Waals surface area contributed by atoms with E-state index in [-0.39, 0.29) is 66.3 Å². The van der Waals surface area contributed by atoms with Gasteiger partial charge in [-0.1, -0.05) is 0 Å². The number of amides is 1. The Labute approximate surface area is 181 Å². The molecule has 1 aliphatic carbocycles. The average Bonchev–Trinajstić information content (AvgIpc) is 2.75. The van der Waals surface area contributed by atoms with Gasteiger partial charge in [-0.05, 0) is 31.7 Å². The number of nitrogens with zero attached hydrogens (tertiary/aromatic N) is 2. The molecule has 1 aromatic rings. The maximum absolute atomic E-state index is 12.9. The Morgan fingerprint density at radius 3 is 2.42 bits per heavy atom. The van der Waals surface area contributed by atoms with E-state index >= 15 is 0 Å². The molecule has 170 valence electrons. The highest BCUT2D eigenvalue weighted by atomic mass is 16.5. The van der Waals surface area contributed by atoms with Crippen molar-refractivity contribution < 1.29 is 19.1 Å². The molecule has 0 unspecified atom stereocenters. The summed E-state index contributed by atoms with van der Waals surface area (Å²) in [6.07, 6.45) is 5.12. The van der Waals surface area contributed by atoms with Crippen LogP contribution in [-0.2, 0) is 0 Å². The summed E-state index contributed by atoms with van der Waals surface area (Å²) in [6.45, 7) is 0.867. The van der Waals surface area contributed by atoms with Crippen molar-refractivity contribution in [1.82, 2.24) is 5.32 Å². The van der Waals surface area contributed by atoms with Crippen molar-refractivity contribution in [3.05, 3.63) is 23.3 Å². The number of aliphatic imine (C=N–C) groups is 2. The van der Waals surface area contributed by atoms with E-state index in [4.69, 9.17) is 32.4 Å². The predicted octanol–water partition coefficient (Wildman–Crippen LogP) is -0.483. The van der Waals surface area contributed by atoms with E-state index in [2.05, 4.69) is 15.3 Å². The molecule has 9 N–H and O–H groups in total. The van der Waals surface area contributed by atoms with Crippen LogP contribution < -0.4 is 37.7 Å². The molecular weight excluding hydrogens is 402 g/mol. The van der Waals surface area contributed by atoms with Crippen LogP contribution in [-0.4, -0.2) is 62.9 Å². The zero-order valence-corrected chi connectivity index (χ0v) is 17.5. The highest BCUT2D eigenvalue weighted by Gasteiger charge is 2.23. The van der Waals surface area contributed by atoms with Crippen molar-refractivity contribution in [3.63, 3.8) is 0 Å². The summed E-state index contributed by atoms with van der Waals surface area (Å²) >= 11 is 0. The monoisotopic (exact) mass is 433 g/mol. The van der Waals surface area contributed by atoms with Crippen molar-refractivity contribution in [2.75, 3.05) is 26.3 Å². The number of carbonyl (C=O) groups excluding carboxylic acids is 2. The number of guanidine groups is 1. The average molecular weight is 434 g/mol. The van der Waals surface area contributed by atoms with Crippen LogP contribution in [0.3, 0.4) is 0 Å². The number of ether oxygens (including phenoxy) is 2. The fourth-order valence-corrected chi connectivity index (χ4v) is 3.23. The molecule has 0 aliphatic heterocycles. The molecule has 0 bridgehead atoms. The minimum atomic E-state index is -0.326. The number of carbonyl (C=O) groups is 2. The maximum Gasteiger partial charge on any atom is 0.255 e. The quantitative estimate of drug-likeness (QED) is 0.133. The molecule has 1 amide bonds. The van der Waals surface area contributed by atoms with Crippen LogP contribution in [0.15, 0.2) is 22.1 Å². The fourth-order valence-electron chi connectivity index (χ4n) is 3.23. The van der Waals surface area contributed by atoms with Gasteiger partial charge >= 0.3 is 0 Å². The van der Waals surface area contributed by atoms with Crippen LogP contribution in [0.5, 0.6) is 11.5 Å². The Morgan fingerprint density at radius 2 is 1.77 bits per heavy atom. The first-order valence-electron chi connectivity index (χ1n) is 10.1. The lowest BCUT2D eigenvalue weighted by Gasteiger charge is -2.27.